The normalized spacial score (nSPS) is 15.2. The van der Waals surface area contributed by atoms with Gasteiger partial charge in [0, 0.05) is 18.4 Å². The van der Waals surface area contributed by atoms with Crippen LogP contribution in [0.3, 0.4) is 0 Å². The maximum atomic E-state index is 11.6. The minimum Gasteiger partial charge on any atom is -0.396 e. The van der Waals surface area contributed by atoms with Crippen LogP contribution in [0.2, 0.25) is 0 Å². The molecule has 0 aliphatic carbocycles. The van der Waals surface area contributed by atoms with E-state index in [1.807, 2.05) is 21.0 Å². The number of quaternary nitrogens is 1. The lowest BCUT2D eigenvalue weighted by Crippen LogP contribution is -2.60. The van der Waals surface area contributed by atoms with Crippen LogP contribution in [-0.2, 0) is 4.79 Å². The van der Waals surface area contributed by atoms with Crippen molar-refractivity contribution in [2.75, 3.05) is 20.7 Å². The fourth-order valence-electron chi connectivity index (χ4n) is 1.65. The third kappa shape index (κ3) is 4.66. The number of aliphatic hydroxyl groups is 1. The van der Waals surface area contributed by atoms with Gasteiger partial charge in [0.15, 0.2) is 11.7 Å². The zero-order valence-electron chi connectivity index (χ0n) is 11.2. The topological polar surface area (TPSA) is 49.3 Å². The van der Waals surface area contributed by atoms with Crippen molar-refractivity contribution < 1.29 is 14.4 Å². The molecule has 2 unspecified atom stereocenters. The Morgan fingerprint density at radius 2 is 2.06 bits per heavy atom. The van der Waals surface area contributed by atoms with Gasteiger partial charge in [0.2, 0.25) is 0 Å². The van der Waals surface area contributed by atoms with Crippen molar-refractivity contribution in [2.45, 2.75) is 38.4 Å². The zero-order chi connectivity index (χ0) is 13.6. The van der Waals surface area contributed by atoms with E-state index in [9.17, 15) is 4.79 Å². The Hall–Kier alpha value is -0.580. The molecule has 0 heterocycles. The monoisotopic (exact) mass is 263 g/mol. The second kappa shape index (κ2) is 6.99. The third-order valence-electron chi connectivity index (χ3n) is 2.96. The predicted molar refractivity (Wildman–Crippen MR) is 70.5 cm³/mol. The highest BCUT2D eigenvalue weighted by atomic mass is 35.5. The summed E-state index contributed by atoms with van der Waals surface area (Å²) in [5.74, 6) is -0.157. The fraction of sp³-hybridized carbons (Fsp3) is 0.750. The SMILES string of the molecule is C=C(C)C(=O)NC(CC)[N+](C)(C)C(Cl)CCO. The molecule has 1 amide bonds. The first kappa shape index (κ1) is 16.4. The molecule has 0 rings (SSSR count). The molecular formula is C12H24ClN2O2+. The molecule has 0 aromatic carbocycles. The van der Waals surface area contributed by atoms with Gasteiger partial charge in [-0.2, -0.15) is 0 Å². The second-order valence-corrected chi connectivity index (χ2v) is 5.26. The number of carbonyl (C=O) groups excluding carboxylic acids is 1. The largest absolute Gasteiger partial charge is 0.396 e. The standard InChI is InChI=1S/C12H23ClN2O2/c1-6-11(14-12(17)9(2)3)15(4,5)10(13)7-8-16/h10-11,16H,2,6-8H2,1,3-5H3/p+1. The molecule has 2 N–H and O–H groups in total. The van der Waals surface area contributed by atoms with Gasteiger partial charge in [-0.3, -0.25) is 9.28 Å². The van der Waals surface area contributed by atoms with Gasteiger partial charge >= 0.3 is 0 Å². The van der Waals surface area contributed by atoms with E-state index < -0.39 is 0 Å². The van der Waals surface area contributed by atoms with Crippen LogP contribution in [0.25, 0.3) is 0 Å². The fourth-order valence-corrected chi connectivity index (χ4v) is 1.88. The number of halogens is 1. The number of aliphatic hydroxyl groups excluding tert-OH is 1. The van der Waals surface area contributed by atoms with Gasteiger partial charge in [-0.1, -0.05) is 25.1 Å². The van der Waals surface area contributed by atoms with Gasteiger partial charge in [0.1, 0.15) is 0 Å². The Labute approximate surface area is 109 Å². The van der Waals surface area contributed by atoms with Gasteiger partial charge in [-0.05, 0) is 6.92 Å². The average molecular weight is 264 g/mol. The van der Waals surface area contributed by atoms with Gasteiger partial charge in [0.25, 0.3) is 5.91 Å². The molecule has 0 aromatic rings. The Balaban J connectivity index is 4.73. The quantitative estimate of drug-likeness (QED) is 0.240. The van der Waals surface area contributed by atoms with Crippen molar-refractivity contribution in [3.05, 3.63) is 12.2 Å². The van der Waals surface area contributed by atoms with E-state index in [2.05, 4.69) is 11.9 Å². The number of nitrogens with one attached hydrogen (secondary N) is 1. The summed E-state index contributed by atoms with van der Waals surface area (Å²) in [5.41, 5.74) is 0.243. The van der Waals surface area contributed by atoms with Crippen molar-refractivity contribution in [1.29, 1.82) is 0 Å². The van der Waals surface area contributed by atoms with Crippen LogP contribution in [0.5, 0.6) is 0 Å². The molecule has 17 heavy (non-hydrogen) atoms. The van der Waals surface area contributed by atoms with Gasteiger partial charge in [0.05, 0.1) is 20.7 Å². The van der Waals surface area contributed by atoms with Crippen molar-refractivity contribution in [3.8, 4) is 0 Å². The number of rotatable bonds is 7. The number of amides is 1. The first-order chi connectivity index (χ1) is 7.77. The van der Waals surface area contributed by atoms with Gasteiger partial charge in [-0.15, -0.1) is 0 Å². The van der Waals surface area contributed by atoms with Crippen molar-refractivity contribution in [3.63, 3.8) is 0 Å². The number of nitrogens with zero attached hydrogens (tertiary/aromatic N) is 1. The average Bonchev–Trinajstić information content (AvgIpc) is 2.25. The molecule has 0 spiro atoms. The molecule has 100 valence electrons. The molecule has 0 radical (unpaired) electrons. The molecule has 0 aliphatic rings. The number of hydrogen-bond acceptors (Lipinski definition) is 2. The molecule has 5 heteroatoms. The second-order valence-electron chi connectivity index (χ2n) is 4.75. The molecule has 0 bridgehead atoms. The summed E-state index contributed by atoms with van der Waals surface area (Å²) in [6.07, 6.45) is 1.17. The minimum atomic E-state index is -0.240. The zero-order valence-corrected chi connectivity index (χ0v) is 11.9. The van der Waals surface area contributed by atoms with E-state index in [0.717, 1.165) is 6.42 Å². The van der Waals surface area contributed by atoms with Crippen LogP contribution in [0, 0.1) is 0 Å². The summed E-state index contributed by atoms with van der Waals surface area (Å²) in [6.45, 7) is 7.32. The maximum absolute atomic E-state index is 11.6. The van der Waals surface area contributed by atoms with Crippen LogP contribution in [0.1, 0.15) is 26.7 Å². The Bertz CT molecular complexity index is 280. The Morgan fingerprint density at radius 3 is 2.41 bits per heavy atom. The number of hydrogen-bond donors (Lipinski definition) is 2. The maximum Gasteiger partial charge on any atom is 0.250 e. The molecule has 2 atom stereocenters. The molecule has 4 nitrogen and oxygen atoms in total. The summed E-state index contributed by atoms with van der Waals surface area (Å²) >= 11 is 6.25. The smallest absolute Gasteiger partial charge is 0.250 e. The first-order valence-corrected chi connectivity index (χ1v) is 6.25. The highest BCUT2D eigenvalue weighted by Crippen LogP contribution is 2.20. The van der Waals surface area contributed by atoms with Crippen LogP contribution in [0.15, 0.2) is 12.2 Å². The van der Waals surface area contributed by atoms with Crippen LogP contribution in [-0.4, -0.2) is 47.9 Å². The lowest BCUT2D eigenvalue weighted by Gasteiger charge is -2.41. The molecular weight excluding hydrogens is 240 g/mol. The third-order valence-corrected chi connectivity index (χ3v) is 3.69. The summed E-state index contributed by atoms with van der Waals surface area (Å²) in [6, 6.07) is 0. The summed E-state index contributed by atoms with van der Waals surface area (Å²) in [5, 5.41) is 11.8. The van der Waals surface area contributed by atoms with Gasteiger partial charge < -0.3 is 10.4 Å². The van der Waals surface area contributed by atoms with Gasteiger partial charge in [-0.25, -0.2) is 0 Å². The van der Waals surface area contributed by atoms with E-state index in [1.165, 1.54) is 0 Å². The number of alkyl halides is 1. The summed E-state index contributed by atoms with van der Waals surface area (Å²) in [4.78, 5) is 11.6. The predicted octanol–water partition coefficient (Wildman–Crippen LogP) is 1.44. The van der Waals surface area contributed by atoms with Crippen LogP contribution < -0.4 is 5.32 Å². The minimum absolute atomic E-state index is 0.0424. The Kier molecular flexibility index (Phi) is 6.75. The van der Waals surface area contributed by atoms with E-state index in [0.29, 0.717) is 16.5 Å². The van der Waals surface area contributed by atoms with E-state index in [1.54, 1.807) is 6.92 Å². The lowest BCUT2D eigenvalue weighted by molar-refractivity contribution is -0.929. The molecule has 0 saturated carbocycles. The number of carbonyl (C=O) groups is 1. The van der Waals surface area contributed by atoms with Crippen LogP contribution in [0.4, 0.5) is 0 Å². The van der Waals surface area contributed by atoms with E-state index >= 15 is 0 Å². The molecule has 0 fully saturated rings. The van der Waals surface area contributed by atoms with E-state index in [4.69, 9.17) is 16.7 Å². The van der Waals surface area contributed by atoms with E-state index in [-0.39, 0.29) is 24.2 Å². The van der Waals surface area contributed by atoms with Crippen molar-refractivity contribution in [2.24, 2.45) is 0 Å². The lowest BCUT2D eigenvalue weighted by atomic mass is 10.2. The highest BCUT2D eigenvalue weighted by Gasteiger charge is 2.34. The van der Waals surface area contributed by atoms with Crippen LogP contribution >= 0.6 is 11.6 Å². The summed E-state index contributed by atoms with van der Waals surface area (Å²) in [7, 11) is 3.89. The first-order valence-electron chi connectivity index (χ1n) is 5.82. The van der Waals surface area contributed by atoms with Crippen molar-refractivity contribution in [1.82, 2.24) is 5.32 Å². The Morgan fingerprint density at radius 1 is 1.53 bits per heavy atom. The highest BCUT2D eigenvalue weighted by molar-refractivity contribution is 6.19. The molecule has 0 aromatic heterocycles. The summed E-state index contributed by atoms with van der Waals surface area (Å²) < 4.78 is 0.428. The molecule has 0 saturated heterocycles. The molecule has 0 aliphatic heterocycles. The van der Waals surface area contributed by atoms with Crippen molar-refractivity contribution >= 4 is 17.5 Å².